The standard InChI is InChI=1S/C19H12Cl2N2O5/c1-27-19(26)11-4-2-3-5-13(11)23-17(24)14-15(22-28-16(14)18(23)25)10-7-6-9(20)8-12(10)21/h2-8,16,22H,1H3/t16-/m1/s1. The van der Waals surface area contributed by atoms with Crippen LogP contribution in [-0.2, 0) is 19.2 Å². The number of halogens is 2. The highest BCUT2D eigenvalue weighted by molar-refractivity contribution is 6.37. The average Bonchev–Trinajstić information content (AvgIpc) is 3.21. The molecule has 1 atom stereocenters. The SMILES string of the molecule is COC(=O)c1ccccc1N1C(=O)C2=C(c3ccc(Cl)cc3Cl)NO[C@H]2C1=O. The van der Waals surface area contributed by atoms with E-state index in [2.05, 4.69) is 5.48 Å². The van der Waals surface area contributed by atoms with Crippen LogP contribution >= 0.6 is 23.2 Å². The number of fused-ring (bicyclic) bond motifs is 1. The minimum atomic E-state index is -1.15. The molecular weight excluding hydrogens is 407 g/mol. The molecule has 2 amide bonds. The van der Waals surface area contributed by atoms with E-state index in [1.54, 1.807) is 24.3 Å². The minimum Gasteiger partial charge on any atom is -0.465 e. The number of hydrogen-bond donors (Lipinski definition) is 1. The van der Waals surface area contributed by atoms with Gasteiger partial charge in [0.25, 0.3) is 11.8 Å². The second-order valence-electron chi connectivity index (χ2n) is 6.00. The highest BCUT2D eigenvalue weighted by atomic mass is 35.5. The number of esters is 1. The molecule has 2 aliphatic rings. The van der Waals surface area contributed by atoms with Crippen molar-refractivity contribution in [3.8, 4) is 0 Å². The zero-order chi connectivity index (χ0) is 20.0. The van der Waals surface area contributed by atoms with E-state index in [0.29, 0.717) is 15.6 Å². The summed E-state index contributed by atoms with van der Waals surface area (Å²) in [6, 6.07) is 10.9. The molecule has 2 heterocycles. The van der Waals surface area contributed by atoms with Crippen molar-refractivity contribution in [3.05, 3.63) is 69.2 Å². The van der Waals surface area contributed by atoms with Gasteiger partial charge in [-0.2, -0.15) is 0 Å². The number of para-hydroxylation sites is 1. The molecule has 2 aromatic rings. The van der Waals surface area contributed by atoms with Crippen molar-refractivity contribution in [2.45, 2.75) is 6.10 Å². The second kappa shape index (κ2) is 6.94. The maximum absolute atomic E-state index is 13.1. The lowest BCUT2D eigenvalue weighted by atomic mass is 10.0. The van der Waals surface area contributed by atoms with Gasteiger partial charge < -0.3 is 4.74 Å². The summed E-state index contributed by atoms with van der Waals surface area (Å²) < 4.78 is 4.74. The second-order valence-corrected chi connectivity index (χ2v) is 6.84. The summed E-state index contributed by atoms with van der Waals surface area (Å²) >= 11 is 12.2. The fourth-order valence-electron chi connectivity index (χ4n) is 3.17. The van der Waals surface area contributed by atoms with Crippen molar-refractivity contribution in [1.29, 1.82) is 0 Å². The normalized spacial score (nSPS) is 18.4. The van der Waals surface area contributed by atoms with Crippen LogP contribution in [0.4, 0.5) is 5.69 Å². The van der Waals surface area contributed by atoms with Gasteiger partial charge in [0.1, 0.15) is 0 Å². The predicted octanol–water partition coefficient (Wildman–Crippen LogP) is 2.97. The highest BCUT2D eigenvalue weighted by Crippen LogP contribution is 2.39. The maximum atomic E-state index is 13.1. The van der Waals surface area contributed by atoms with E-state index in [-0.39, 0.29) is 22.5 Å². The quantitative estimate of drug-likeness (QED) is 0.609. The van der Waals surface area contributed by atoms with Crippen LogP contribution in [0.2, 0.25) is 10.0 Å². The monoisotopic (exact) mass is 418 g/mol. The van der Waals surface area contributed by atoms with Crippen molar-refractivity contribution in [1.82, 2.24) is 5.48 Å². The lowest BCUT2D eigenvalue weighted by Gasteiger charge is -2.18. The molecule has 2 aromatic carbocycles. The molecule has 0 spiro atoms. The Kier molecular flexibility index (Phi) is 4.58. The Balaban J connectivity index is 1.83. The summed E-state index contributed by atoms with van der Waals surface area (Å²) in [6.07, 6.45) is -1.15. The van der Waals surface area contributed by atoms with Crippen molar-refractivity contribution < 1.29 is 24.0 Å². The number of amides is 2. The van der Waals surface area contributed by atoms with Gasteiger partial charge in [-0.25, -0.2) is 9.69 Å². The van der Waals surface area contributed by atoms with Crippen molar-refractivity contribution in [2.75, 3.05) is 12.0 Å². The lowest BCUT2D eigenvalue weighted by molar-refractivity contribution is -0.127. The Morgan fingerprint density at radius 3 is 2.64 bits per heavy atom. The fourth-order valence-corrected chi connectivity index (χ4v) is 3.67. The average molecular weight is 419 g/mol. The smallest absolute Gasteiger partial charge is 0.339 e. The van der Waals surface area contributed by atoms with Crippen LogP contribution < -0.4 is 10.4 Å². The van der Waals surface area contributed by atoms with Crippen LogP contribution in [0, 0.1) is 0 Å². The van der Waals surface area contributed by atoms with Crippen LogP contribution in [0.25, 0.3) is 5.70 Å². The summed E-state index contributed by atoms with van der Waals surface area (Å²) in [7, 11) is 1.22. The van der Waals surface area contributed by atoms with Gasteiger partial charge in [-0.15, -0.1) is 0 Å². The molecule has 0 bridgehead atoms. The van der Waals surface area contributed by atoms with Gasteiger partial charge in [0.2, 0.25) is 0 Å². The van der Waals surface area contributed by atoms with Gasteiger partial charge in [-0.05, 0) is 30.3 Å². The third kappa shape index (κ3) is 2.75. The van der Waals surface area contributed by atoms with Gasteiger partial charge in [0.05, 0.1) is 34.7 Å². The molecule has 4 rings (SSSR count). The maximum Gasteiger partial charge on any atom is 0.339 e. The first-order valence-electron chi connectivity index (χ1n) is 8.11. The highest BCUT2D eigenvalue weighted by Gasteiger charge is 2.51. The number of anilines is 1. The molecule has 28 heavy (non-hydrogen) atoms. The first kappa shape index (κ1) is 18.5. The summed E-state index contributed by atoms with van der Waals surface area (Å²) in [5, 5.41) is 0.720. The molecule has 0 aliphatic carbocycles. The summed E-state index contributed by atoms with van der Waals surface area (Å²) in [5.41, 5.74) is 3.67. The lowest BCUT2D eigenvalue weighted by Crippen LogP contribution is -2.35. The van der Waals surface area contributed by atoms with Gasteiger partial charge in [-0.3, -0.25) is 19.9 Å². The molecule has 142 valence electrons. The summed E-state index contributed by atoms with van der Waals surface area (Å²) in [4.78, 5) is 44.3. The van der Waals surface area contributed by atoms with Crippen LogP contribution in [0.3, 0.4) is 0 Å². The Bertz CT molecular complexity index is 1070. The topological polar surface area (TPSA) is 84.9 Å². The molecule has 9 heteroatoms. The molecule has 2 aliphatic heterocycles. The van der Waals surface area contributed by atoms with Crippen LogP contribution in [-0.4, -0.2) is 31.0 Å². The predicted molar refractivity (Wildman–Crippen MR) is 102 cm³/mol. The number of imide groups is 1. The van der Waals surface area contributed by atoms with Crippen LogP contribution in [0.5, 0.6) is 0 Å². The zero-order valence-corrected chi connectivity index (χ0v) is 15.9. The Hall–Kier alpha value is -2.87. The fraction of sp³-hybridized carbons (Fsp3) is 0.105. The van der Waals surface area contributed by atoms with E-state index in [1.807, 2.05) is 0 Å². The molecule has 0 unspecified atom stereocenters. The molecule has 0 radical (unpaired) electrons. The summed E-state index contributed by atoms with van der Waals surface area (Å²) in [6.45, 7) is 0. The Labute approximate surface area is 169 Å². The molecular formula is C19H12Cl2N2O5. The number of hydrogen-bond acceptors (Lipinski definition) is 6. The van der Waals surface area contributed by atoms with Gasteiger partial charge in [0.15, 0.2) is 6.10 Å². The van der Waals surface area contributed by atoms with E-state index in [1.165, 1.54) is 25.3 Å². The Morgan fingerprint density at radius 1 is 1.18 bits per heavy atom. The number of carbonyl (C=O) groups excluding carboxylic acids is 3. The van der Waals surface area contributed by atoms with Crippen molar-refractivity contribution >= 4 is 52.4 Å². The molecule has 0 saturated carbocycles. The molecule has 1 N–H and O–H groups in total. The summed E-state index contributed by atoms with van der Waals surface area (Å²) in [5.74, 6) is -1.90. The van der Waals surface area contributed by atoms with E-state index < -0.39 is 23.9 Å². The number of nitrogens with zero attached hydrogens (tertiary/aromatic N) is 1. The minimum absolute atomic E-state index is 0.0892. The molecule has 1 saturated heterocycles. The number of methoxy groups -OCH3 is 1. The molecule has 7 nitrogen and oxygen atoms in total. The van der Waals surface area contributed by atoms with E-state index in [9.17, 15) is 14.4 Å². The van der Waals surface area contributed by atoms with Crippen LogP contribution in [0.15, 0.2) is 48.0 Å². The number of nitrogens with one attached hydrogen (secondary N) is 1. The van der Waals surface area contributed by atoms with E-state index in [4.69, 9.17) is 32.8 Å². The number of benzene rings is 2. The Morgan fingerprint density at radius 2 is 1.93 bits per heavy atom. The number of hydroxylamine groups is 1. The number of ether oxygens (including phenoxy) is 1. The third-order valence-corrected chi connectivity index (χ3v) is 4.99. The molecule has 0 aromatic heterocycles. The first-order chi connectivity index (χ1) is 13.4. The first-order valence-corrected chi connectivity index (χ1v) is 8.86. The van der Waals surface area contributed by atoms with Gasteiger partial charge in [0, 0.05) is 10.6 Å². The largest absolute Gasteiger partial charge is 0.465 e. The zero-order valence-electron chi connectivity index (χ0n) is 14.4. The molecule has 1 fully saturated rings. The van der Waals surface area contributed by atoms with E-state index >= 15 is 0 Å². The van der Waals surface area contributed by atoms with Gasteiger partial charge in [-0.1, -0.05) is 35.3 Å². The number of carbonyl (C=O) groups is 3. The van der Waals surface area contributed by atoms with Crippen molar-refractivity contribution in [3.63, 3.8) is 0 Å². The van der Waals surface area contributed by atoms with Crippen LogP contribution in [0.1, 0.15) is 15.9 Å². The van der Waals surface area contributed by atoms with Gasteiger partial charge >= 0.3 is 5.97 Å². The van der Waals surface area contributed by atoms with Crippen molar-refractivity contribution in [2.24, 2.45) is 0 Å². The van der Waals surface area contributed by atoms with E-state index in [0.717, 1.165) is 4.90 Å². The number of rotatable bonds is 3. The third-order valence-electron chi connectivity index (χ3n) is 4.44.